The number of hydrogen-bond donors (Lipinski definition) is 1. The molecule has 1 aliphatic carbocycles. The smallest absolute Gasteiger partial charge is 0.258 e. The van der Waals surface area contributed by atoms with Crippen LogP contribution in [-0.2, 0) is 9.59 Å². The lowest BCUT2D eigenvalue weighted by molar-refractivity contribution is -0.130. The zero-order chi connectivity index (χ0) is 20.4. The lowest BCUT2D eigenvalue weighted by Gasteiger charge is -2.34. The van der Waals surface area contributed by atoms with Crippen molar-refractivity contribution in [3.05, 3.63) is 42.0 Å². The van der Waals surface area contributed by atoms with Gasteiger partial charge in [-0.25, -0.2) is 0 Å². The number of benzene rings is 2. The van der Waals surface area contributed by atoms with Crippen LogP contribution in [0.5, 0.6) is 5.75 Å². The van der Waals surface area contributed by atoms with Crippen LogP contribution in [-0.4, -0.2) is 66.3 Å². The highest BCUT2D eigenvalue weighted by molar-refractivity contribution is 6.02. The highest BCUT2D eigenvalue weighted by atomic mass is 16.5. The van der Waals surface area contributed by atoms with Crippen LogP contribution in [0, 0.1) is 0 Å². The van der Waals surface area contributed by atoms with Gasteiger partial charge in [0.25, 0.3) is 11.8 Å². The number of nitrogens with zero attached hydrogens (tertiary/aromatic N) is 2. The number of rotatable bonds is 5. The molecule has 0 radical (unpaired) electrons. The van der Waals surface area contributed by atoms with E-state index in [-0.39, 0.29) is 30.4 Å². The van der Waals surface area contributed by atoms with Gasteiger partial charge in [-0.2, -0.15) is 0 Å². The molecule has 1 aliphatic heterocycles. The molecule has 4 rings (SSSR count). The van der Waals surface area contributed by atoms with E-state index in [1.165, 1.54) is 0 Å². The van der Waals surface area contributed by atoms with Crippen LogP contribution in [0.15, 0.2) is 36.4 Å². The lowest BCUT2D eigenvalue weighted by Crippen LogP contribution is -2.50. The zero-order valence-electron chi connectivity index (χ0n) is 16.5. The van der Waals surface area contributed by atoms with Gasteiger partial charge in [0.2, 0.25) is 5.91 Å². The van der Waals surface area contributed by atoms with Gasteiger partial charge in [-0.3, -0.25) is 14.4 Å². The fraction of sp³-hybridized carbons (Fsp3) is 0.409. The van der Waals surface area contributed by atoms with Crippen LogP contribution >= 0.6 is 0 Å². The summed E-state index contributed by atoms with van der Waals surface area (Å²) in [5, 5.41) is 4.78. The molecule has 0 bridgehead atoms. The van der Waals surface area contributed by atoms with Gasteiger partial charge in [0, 0.05) is 39.1 Å². The third-order valence-electron chi connectivity index (χ3n) is 5.39. The summed E-state index contributed by atoms with van der Waals surface area (Å²) >= 11 is 0. The Bertz CT molecular complexity index is 946. The number of nitrogens with one attached hydrogen (secondary N) is 1. The predicted octanol–water partition coefficient (Wildman–Crippen LogP) is 1.80. The van der Waals surface area contributed by atoms with Crippen LogP contribution < -0.4 is 10.1 Å². The Morgan fingerprint density at radius 2 is 1.62 bits per heavy atom. The number of carbonyl (C=O) groups is 3. The largest absolute Gasteiger partial charge is 0.483 e. The van der Waals surface area contributed by atoms with Gasteiger partial charge < -0.3 is 19.9 Å². The Morgan fingerprint density at radius 3 is 2.24 bits per heavy atom. The second-order valence-electron chi connectivity index (χ2n) is 7.62. The van der Waals surface area contributed by atoms with Crippen LogP contribution in [0.25, 0.3) is 10.8 Å². The maximum atomic E-state index is 13.2. The molecule has 2 fully saturated rings. The third-order valence-corrected chi connectivity index (χ3v) is 5.39. The summed E-state index contributed by atoms with van der Waals surface area (Å²) in [6.07, 6.45) is 2.02. The summed E-state index contributed by atoms with van der Waals surface area (Å²) in [5.41, 5.74) is 0.444. The van der Waals surface area contributed by atoms with Crippen molar-refractivity contribution in [2.45, 2.75) is 25.8 Å². The number of carbonyl (C=O) groups excluding carboxylic acids is 3. The number of amides is 3. The van der Waals surface area contributed by atoms with E-state index in [4.69, 9.17) is 4.74 Å². The summed E-state index contributed by atoms with van der Waals surface area (Å²) < 4.78 is 5.78. The molecule has 1 N–H and O–H groups in total. The predicted molar refractivity (Wildman–Crippen MR) is 109 cm³/mol. The molecule has 1 heterocycles. The van der Waals surface area contributed by atoms with Crippen LogP contribution in [0.3, 0.4) is 0 Å². The first kappa shape index (κ1) is 19.2. The molecular formula is C22H25N3O4. The minimum absolute atomic E-state index is 0.0218. The van der Waals surface area contributed by atoms with Crippen molar-refractivity contribution in [2.75, 3.05) is 32.8 Å². The molecule has 0 spiro atoms. The fourth-order valence-corrected chi connectivity index (χ4v) is 3.54. The van der Waals surface area contributed by atoms with E-state index in [1.807, 2.05) is 36.4 Å². The molecule has 7 heteroatoms. The van der Waals surface area contributed by atoms with Crippen molar-refractivity contribution in [1.29, 1.82) is 0 Å². The number of fused-ring (bicyclic) bond motifs is 1. The van der Waals surface area contributed by atoms with Crippen molar-refractivity contribution < 1.29 is 19.1 Å². The molecular weight excluding hydrogens is 370 g/mol. The van der Waals surface area contributed by atoms with E-state index in [9.17, 15) is 14.4 Å². The highest BCUT2D eigenvalue weighted by Gasteiger charge is 2.27. The number of piperazine rings is 1. The Morgan fingerprint density at radius 1 is 1.00 bits per heavy atom. The van der Waals surface area contributed by atoms with Crippen LogP contribution in [0.2, 0.25) is 0 Å². The Hall–Kier alpha value is -3.09. The summed E-state index contributed by atoms with van der Waals surface area (Å²) in [7, 11) is 0. The molecule has 0 unspecified atom stereocenters. The minimum Gasteiger partial charge on any atom is -0.483 e. The first-order valence-corrected chi connectivity index (χ1v) is 10.0. The van der Waals surface area contributed by atoms with Gasteiger partial charge in [0.05, 0.1) is 5.56 Å². The van der Waals surface area contributed by atoms with Crippen molar-refractivity contribution in [1.82, 2.24) is 15.1 Å². The lowest BCUT2D eigenvalue weighted by atomic mass is 10.0. The Labute approximate surface area is 169 Å². The first-order chi connectivity index (χ1) is 14.0. The van der Waals surface area contributed by atoms with Crippen molar-refractivity contribution in [3.8, 4) is 5.75 Å². The van der Waals surface area contributed by atoms with E-state index in [0.29, 0.717) is 37.5 Å². The molecule has 2 aromatic carbocycles. The molecule has 1 saturated heterocycles. The topological polar surface area (TPSA) is 79.0 Å². The molecule has 2 aliphatic rings. The highest BCUT2D eigenvalue weighted by Crippen LogP contribution is 2.28. The molecule has 1 saturated carbocycles. The molecule has 0 atom stereocenters. The average Bonchev–Trinajstić information content (AvgIpc) is 3.55. The summed E-state index contributed by atoms with van der Waals surface area (Å²) in [6.45, 7) is 3.43. The van der Waals surface area contributed by atoms with E-state index < -0.39 is 0 Å². The summed E-state index contributed by atoms with van der Waals surface area (Å²) in [5.74, 6) is 0.118. The van der Waals surface area contributed by atoms with Crippen LogP contribution in [0.1, 0.15) is 30.1 Å². The van der Waals surface area contributed by atoms with E-state index >= 15 is 0 Å². The van der Waals surface area contributed by atoms with Gasteiger partial charge in [0.15, 0.2) is 6.61 Å². The maximum Gasteiger partial charge on any atom is 0.258 e. The van der Waals surface area contributed by atoms with Gasteiger partial charge in [-0.05, 0) is 35.7 Å². The van der Waals surface area contributed by atoms with E-state index in [1.54, 1.807) is 16.7 Å². The second-order valence-corrected chi connectivity index (χ2v) is 7.62. The molecule has 152 valence electrons. The van der Waals surface area contributed by atoms with Gasteiger partial charge in [-0.15, -0.1) is 0 Å². The summed E-state index contributed by atoms with van der Waals surface area (Å²) in [4.78, 5) is 40.3. The van der Waals surface area contributed by atoms with Gasteiger partial charge in [0.1, 0.15) is 5.75 Å². The minimum atomic E-state index is -0.172. The van der Waals surface area contributed by atoms with Crippen molar-refractivity contribution in [3.63, 3.8) is 0 Å². The monoisotopic (exact) mass is 395 g/mol. The second kappa shape index (κ2) is 8.11. The summed E-state index contributed by atoms with van der Waals surface area (Å²) in [6, 6.07) is 11.7. The fourth-order valence-electron chi connectivity index (χ4n) is 3.54. The molecule has 7 nitrogen and oxygen atoms in total. The Balaban J connectivity index is 1.54. The first-order valence-electron chi connectivity index (χ1n) is 10.0. The van der Waals surface area contributed by atoms with Crippen molar-refractivity contribution in [2.24, 2.45) is 0 Å². The molecule has 0 aromatic heterocycles. The SMILES string of the molecule is CC(=O)N1CCN(C(=O)c2cc3ccccc3cc2OCC(=O)NC2CC2)CC1. The van der Waals surface area contributed by atoms with Crippen LogP contribution in [0.4, 0.5) is 0 Å². The van der Waals surface area contributed by atoms with E-state index in [2.05, 4.69) is 5.32 Å². The molecule has 2 aromatic rings. The zero-order valence-corrected chi connectivity index (χ0v) is 16.5. The van der Waals surface area contributed by atoms with Gasteiger partial charge in [-0.1, -0.05) is 24.3 Å². The maximum absolute atomic E-state index is 13.2. The average molecular weight is 395 g/mol. The molecule has 3 amide bonds. The normalized spacial score (nSPS) is 16.6. The Kier molecular flexibility index (Phi) is 5.38. The standard InChI is InChI=1S/C22H25N3O4/c1-15(26)24-8-10-25(11-9-24)22(28)19-12-16-4-2-3-5-17(16)13-20(19)29-14-21(27)23-18-6-7-18/h2-5,12-13,18H,6-11,14H2,1H3,(H,23,27). The molecule has 29 heavy (non-hydrogen) atoms. The number of hydrogen-bond acceptors (Lipinski definition) is 4. The third kappa shape index (κ3) is 4.50. The van der Waals surface area contributed by atoms with E-state index in [0.717, 1.165) is 23.6 Å². The number of ether oxygens (including phenoxy) is 1. The quantitative estimate of drug-likeness (QED) is 0.837. The van der Waals surface area contributed by atoms with Crippen molar-refractivity contribution >= 4 is 28.5 Å². The van der Waals surface area contributed by atoms with Gasteiger partial charge >= 0.3 is 0 Å².